The van der Waals surface area contributed by atoms with Gasteiger partial charge in [0, 0.05) is 23.0 Å². The second kappa shape index (κ2) is 5.68. The van der Waals surface area contributed by atoms with Gasteiger partial charge in [0.25, 0.3) is 5.91 Å². The molecule has 3 heterocycles. The summed E-state index contributed by atoms with van der Waals surface area (Å²) in [4.78, 5) is 20.6. The van der Waals surface area contributed by atoms with Crippen molar-refractivity contribution in [1.82, 2.24) is 9.88 Å². The number of para-hydroxylation sites is 2. The summed E-state index contributed by atoms with van der Waals surface area (Å²) in [5.41, 5.74) is 5.62. The lowest BCUT2D eigenvalue weighted by Crippen LogP contribution is -2.39. The predicted molar refractivity (Wildman–Crippen MR) is 107 cm³/mol. The zero-order valence-corrected chi connectivity index (χ0v) is 15.3. The Morgan fingerprint density at radius 3 is 2.77 bits per heavy atom. The van der Waals surface area contributed by atoms with E-state index >= 15 is 0 Å². The molecule has 26 heavy (non-hydrogen) atoms. The first-order chi connectivity index (χ1) is 12.7. The molecule has 1 fully saturated rings. The molecule has 130 valence electrons. The van der Waals surface area contributed by atoms with Crippen molar-refractivity contribution in [3.63, 3.8) is 0 Å². The molecule has 0 aliphatic carbocycles. The second-order valence-electron chi connectivity index (χ2n) is 6.91. The van der Waals surface area contributed by atoms with E-state index in [9.17, 15) is 4.79 Å². The van der Waals surface area contributed by atoms with Crippen LogP contribution in [-0.2, 0) is 24.2 Å². The monoisotopic (exact) mass is 361 g/mol. The fourth-order valence-electron chi connectivity index (χ4n) is 4.25. The van der Waals surface area contributed by atoms with Crippen LogP contribution in [0.4, 0.5) is 5.69 Å². The number of anilines is 1. The first kappa shape index (κ1) is 15.6. The molecule has 1 N–H and O–H groups in total. The second-order valence-corrected chi connectivity index (χ2v) is 7.28. The summed E-state index contributed by atoms with van der Waals surface area (Å²) >= 11 is 5.73. The van der Waals surface area contributed by atoms with Gasteiger partial charge in [-0.25, -0.2) is 0 Å². The zero-order valence-electron chi connectivity index (χ0n) is 14.5. The first-order valence-electron chi connectivity index (χ1n) is 9.00. The highest BCUT2D eigenvalue weighted by molar-refractivity contribution is 7.80. The molecule has 1 amide bonds. The van der Waals surface area contributed by atoms with Gasteiger partial charge in [-0.1, -0.05) is 43.3 Å². The number of fused-ring (bicyclic) bond motifs is 4. The number of thiocarbonyl (C=S) groups is 1. The number of nitrogens with one attached hydrogen (secondary N) is 1. The third-order valence-electron chi connectivity index (χ3n) is 5.56. The molecular formula is C21H19N3OS. The Hall–Kier alpha value is -2.66. The Bertz CT molecular complexity index is 1050. The quantitative estimate of drug-likeness (QED) is 0.706. The number of aromatic nitrogens is 1. The van der Waals surface area contributed by atoms with Crippen LogP contribution in [0.2, 0.25) is 0 Å². The van der Waals surface area contributed by atoms with Crippen molar-refractivity contribution >= 4 is 39.8 Å². The van der Waals surface area contributed by atoms with Crippen LogP contribution in [0, 0.1) is 0 Å². The van der Waals surface area contributed by atoms with E-state index in [-0.39, 0.29) is 11.9 Å². The van der Waals surface area contributed by atoms with E-state index in [1.54, 1.807) is 4.90 Å². The predicted octanol–water partition coefficient (Wildman–Crippen LogP) is 3.79. The lowest BCUT2D eigenvalue weighted by Gasteiger charge is -2.28. The SMILES string of the molecule is CCc1ccccc1N1C(=O)[C@H]2Cc3c([nH]c4ccccc34)CN2C1=S. The fraction of sp³-hybridized carbons (Fsp3) is 0.238. The molecule has 5 heteroatoms. The number of hydrogen-bond donors (Lipinski definition) is 1. The Morgan fingerprint density at radius 2 is 1.92 bits per heavy atom. The minimum Gasteiger partial charge on any atom is -0.357 e. The summed E-state index contributed by atoms with van der Waals surface area (Å²) in [5.74, 6) is 0.0897. The van der Waals surface area contributed by atoms with Gasteiger partial charge in [-0.05, 0) is 41.9 Å². The summed E-state index contributed by atoms with van der Waals surface area (Å²) in [6.45, 7) is 2.76. The van der Waals surface area contributed by atoms with E-state index in [0.29, 0.717) is 18.1 Å². The molecule has 0 unspecified atom stereocenters. The van der Waals surface area contributed by atoms with Gasteiger partial charge in [-0.2, -0.15) is 0 Å². The molecular weight excluding hydrogens is 342 g/mol. The third-order valence-corrected chi connectivity index (χ3v) is 5.98. The summed E-state index contributed by atoms with van der Waals surface area (Å²) in [6, 6.07) is 16.1. The molecule has 1 saturated heterocycles. The van der Waals surface area contributed by atoms with Gasteiger partial charge < -0.3 is 9.88 Å². The van der Waals surface area contributed by atoms with Crippen LogP contribution in [-0.4, -0.2) is 26.9 Å². The Morgan fingerprint density at radius 1 is 1.15 bits per heavy atom. The van der Waals surface area contributed by atoms with E-state index < -0.39 is 0 Å². The maximum Gasteiger partial charge on any atom is 0.256 e. The molecule has 5 rings (SSSR count). The molecule has 0 spiro atoms. The van der Waals surface area contributed by atoms with Crippen molar-refractivity contribution in [3.8, 4) is 0 Å². The molecule has 0 radical (unpaired) electrons. The number of carbonyl (C=O) groups is 1. The minimum atomic E-state index is -0.209. The van der Waals surface area contributed by atoms with Crippen molar-refractivity contribution in [2.24, 2.45) is 0 Å². The lowest BCUT2D eigenvalue weighted by molar-refractivity contribution is -0.120. The van der Waals surface area contributed by atoms with Crippen LogP contribution < -0.4 is 4.90 Å². The summed E-state index contributed by atoms with van der Waals surface area (Å²) in [6.07, 6.45) is 1.57. The van der Waals surface area contributed by atoms with Gasteiger partial charge in [0.2, 0.25) is 0 Å². The van der Waals surface area contributed by atoms with Crippen LogP contribution >= 0.6 is 12.2 Å². The molecule has 2 aliphatic heterocycles. The van der Waals surface area contributed by atoms with E-state index in [4.69, 9.17) is 12.2 Å². The normalized spacial score (nSPS) is 19.2. The van der Waals surface area contributed by atoms with Crippen LogP contribution in [0.3, 0.4) is 0 Å². The van der Waals surface area contributed by atoms with Crippen LogP contribution in [0.15, 0.2) is 48.5 Å². The Labute approximate surface area is 157 Å². The molecule has 1 atom stereocenters. The Kier molecular flexibility index (Phi) is 3.40. The van der Waals surface area contributed by atoms with E-state index in [1.807, 2.05) is 30.3 Å². The van der Waals surface area contributed by atoms with Gasteiger partial charge in [-0.3, -0.25) is 9.69 Å². The number of amides is 1. The van der Waals surface area contributed by atoms with Gasteiger partial charge >= 0.3 is 0 Å². The molecule has 0 saturated carbocycles. The van der Waals surface area contributed by atoms with E-state index in [0.717, 1.165) is 23.2 Å². The fourth-order valence-corrected chi connectivity index (χ4v) is 4.63. The first-order valence-corrected chi connectivity index (χ1v) is 9.40. The Balaban J connectivity index is 1.57. The van der Waals surface area contributed by atoms with Gasteiger partial charge in [-0.15, -0.1) is 0 Å². The topological polar surface area (TPSA) is 39.3 Å². The average molecular weight is 361 g/mol. The third kappa shape index (κ3) is 2.07. The van der Waals surface area contributed by atoms with Crippen molar-refractivity contribution in [2.75, 3.05) is 4.90 Å². The van der Waals surface area contributed by atoms with E-state index in [2.05, 4.69) is 35.0 Å². The molecule has 0 bridgehead atoms. The minimum absolute atomic E-state index is 0.0897. The maximum absolute atomic E-state index is 13.3. The number of nitrogens with zero attached hydrogens (tertiary/aromatic N) is 2. The number of rotatable bonds is 2. The molecule has 3 aromatic rings. The summed E-state index contributed by atoms with van der Waals surface area (Å²) in [5, 5.41) is 1.83. The van der Waals surface area contributed by atoms with Crippen molar-refractivity contribution in [3.05, 3.63) is 65.4 Å². The number of aromatic amines is 1. The largest absolute Gasteiger partial charge is 0.357 e. The van der Waals surface area contributed by atoms with E-state index in [1.165, 1.54) is 16.6 Å². The molecule has 4 nitrogen and oxygen atoms in total. The lowest BCUT2D eigenvalue weighted by atomic mass is 9.97. The molecule has 1 aromatic heterocycles. The van der Waals surface area contributed by atoms with Gasteiger partial charge in [0.05, 0.1) is 12.2 Å². The maximum atomic E-state index is 13.3. The van der Waals surface area contributed by atoms with Crippen LogP contribution in [0.5, 0.6) is 0 Å². The van der Waals surface area contributed by atoms with Gasteiger partial charge in [0.15, 0.2) is 5.11 Å². The zero-order chi connectivity index (χ0) is 17.8. The number of hydrogen-bond acceptors (Lipinski definition) is 2. The highest BCUT2D eigenvalue weighted by Crippen LogP contribution is 2.37. The molecule has 2 aromatic carbocycles. The van der Waals surface area contributed by atoms with Crippen molar-refractivity contribution in [1.29, 1.82) is 0 Å². The van der Waals surface area contributed by atoms with Crippen molar-refractivity contribution < 1.29 is 4.79 Å². The van der Waals surface area contributed by atoms with Crippen molar-refractivity contribution in [2.45, 2.75) is 32.4 Å². The number of carbonyl (C=O) groups excluding carboxylic acids is 1. The van der Waals surface area contributed by atoms with Gasteiger partial charge in [0.1, 0.15) is 6.04 Å². The highest BCUT2D eigenvalue weighted by Gasteiger charge is 2.46. The standard InChI is InChI=1S/C21H19N3OS/c1-2-13-7-3-6-10-18(13)24-20(25)19-11-15-14-8-4-5-9-16(14)22-17(15)12-23(19)21(24)26/h3-10,19,22H,2,11-12H2,1H3/t19-/m1/s1. The number of benzene rings is 2. The number of H-pyrrole nitrogens is 1. The smallest absolute Gasteiger partial charge is 0.256 e. The highest BCUT2D eigenvalue weighted by atomic mass is 32.1. The number of aryl methyl sites for hydroxylation is 1. The van der Waals surface area contributed by atoms with Crippen LogP contribution in [0.1, 0.15) is 23.7 Å². The summed E-state index contributed by atoms with van der Waals surface area (Å²) in [7, 11) is 0. The van der Waals surface area contributed by atoms with Crippen LogP contribution in [0.25, 0.3) is 10.9 Å². The molecule has 2 aliphatic rings. The average Bonchev–Trinajstić information content (AvgIpc) is 3.15. The summed E-state index contributed by atoms with van der Waals surface area (Å²) < 4.78 is 0.